The molecule has 2 heterocycles. The molecule has 0 radical (unpaired) electrons. The lowest BCUT2D eigenvalue weighted by molar-refractivity contribution is 0.929. The molecule has 0 amide bonds. The molecular formula is C31H20N6. The fourth-order valence-corrected chi connectivity index (χ4v) is 4.93. The molecule has 2 aromatic heterocycles. The Bertz CT molecular complexity index is 1910. The summed E-state index contributed by atoms with van der Waals surface area (Å²) in [5, 5.41) is 11.9. The Morgan fingerprint density at radius 3 is 2.27 bits per heavy atom. The first-order chi connectivity index (χ1) is 18.1. The Hall–Kier alpha value is -5.33. The van der Waals surface area contributed by atoms with E-state index in [1.165, 1.54) is 0 Å². The molecule has 6 rings (SSSR count). The fourth-order valence-electron chi connectivity index (χ4n) is 4.93. The monoisotopic (exact) mass is 476 g/mol. The van der Waals surface area contributed by atoms with Gasteiger partial charge in [0.2, 0.25) is 0 Å². The van der Waals surface area contributed by atoms with E-state index in [4.69, 9.17) is 6.57 Å². The SMILES string of the molecule is [C-]#[N+]c1cc(-n2c3ccccc3c3ccc(-c4ccccc4C#N)cc32)ccc1-c1nc(C)nc(C)n1. The fraction of sp³-hybridized carbons (Fsp3) is 0.0645. The number of nitrogens with zero attached hydrogens (tertiary/aromatic N) is 6. The number of aryl methyl sites for hydroxylation is 2. The van der Waals surface area contributed by atoms with Crippen LogP contribution in [0.15, 0.2) is 84.9 Å². The lowest BCUT2D eigenvalue weighted by atomic mass is 9.99. The van der Waals surface area contributed by atoms with Crippen LogP contribution in [0.1, 0.15) is 17.2 Å². The Kier molecular flexibility index (Phi) is 5.22. The van der Waals surface area contributed by atoms with E-state index in [9.17, 15) is 5.26 Å². The largest absolute Gasteiger partial charge is 0.310 e. The van der Waals surface area contributed by atoms with E-state index in [0.29, 0.717) is 34.3 Å². The minimum absolute atomic E-state index is 0.472. The first-order valence-electron chi connectivity index (χ1n) is 11.8. The number of para-hydroxylation sites is 1. The van der Waals surface area contributed by atoms with Gasteiger partial charge in [-0.1, -0.05) is 54.6 Å². The van der Waals surface area contributed by atoms with Gasteiger partial charge in [-0.2, -0.15) is 5.26 Å². The lowest BCUT2D eigenvalue weighted by Crippen LogP contribution is -2.00. The molecule has 0 aliphatic rings. The summed E-state index contributed by atoms with van der Waals surface area (Å²) in [5.74, 6) is 1.74. The van der Waals surface area contributed by atoms with Crippen LogP contribution in [0.3, 0.4) is 0 Å². The minimum atomic E-state index is 0.472. The van der Waals surface area contributed by atoms with Gasteiger partial charge in [0, 0.05) is 22.0 Å². The molecule has 0 N–H and O–H groups in total. The van der Waals surface area contributed by atoms with E-state index in [1.54, 1.807) is 0 Å². The minimum Gasteiger partial charge on any atom is -0.310 e. The predicted molar refractivity (Wildman–Crippen MR) is 145 cm³/mol. The highest BCUT2D eigenvalue weighted by atomic mass is 15.0. The van der Waals surface area contributed by atoms with Crippen LogP contribution in [0, 0.1) is 31.8 Å². The Morgan fingerprint density at radius 2 is 1.49 bits per heavy atom. The average molecular weight is 477 g/mol. The summed E-state index contributed by atoms with van der Waals surface area (Å²) in [7, 11) is 0. The van der Waals surface area contributed by atoms with Gasteiger partial charge >= 0.3 is 0 Å². The molecule has 0 saturated heterocycles. The maximum atomic E-state index is 9.65. The van der Waals surface area contributed by atoms with E-state index in [1.807, 2.05) is 68.4 Å². The van der Waals surface area contributed by atoms with Crippen LogP contribution in [0.25, 0.3) is 54.9 Å². The van der Waals surface area contributed by atoms with Crippen molar-refractivity contribution in [1.29, 1.82) is 5.26 Å². The molecule has 37 heavy (non-hydrogen) atoms. The first kappa shape index (κ1) is 22.2. The molecule has 0 bridgehead atoms. The molecule has 0 aliphatic carbocycles. The lowest BCUT2D eigenvalue weighted by Gasteiger charge is -2.12. The number of rotatable bonds is 3. The van der Waals surface area contributed by atoms with Crippen LogP contribution in [0.4, 0.5) is 5.69 Å². The number of fused-ring (bicyclic) bond motifs is 3. The van der Waals surface area contributed by atoms with Gasteiger partial charge in [0.1, 0.15) is 11.6 Å². The van der Waals surface area contributed by atoms with Crippen molar-refractivity contribution in [2.24, 2.45) is 0 Å². The molecular weight excluding hydrogens is 456 g/mol. The van der Waals surface area contributed by atoms with Crippen molar-refractivity contribution in [2.45, 2.75) is 13.8 Å². The van der Waals surface area contributed by atoms with Crippen LogP contribution < -0.4 is 0 Å². The quantitative estimate of drug-likeness (QED) is 0.251. The van der Waals surface area contributed by atoms with Gasteiger partial charge in [-0.3, -0.25) is 0 Å². The van der Waals surface area contributed by atoms with Crippen molar-refractivity contribution in [1.82, 2.24) is 19.5 Å². The zero-order chi connectivity index (χ0) is 25.5. The summed E-state index contributed by atoms with van der Waals surface area (Å²) in [6.07, 6.45) is 0. The number of aromatic nitrogens is 4. The number of nitriles is 1. The van der Waals surface area contributed by atoms with Crippen LogP contribution >= 0.6 is 0 Å². The van der Waals surface area contributed by atoms with E-state index < -0.39 is 0 Å². The molecule has 0 fully saturated rings. The van der Waals surface area contributed by atoms with E-state index in [0.717, 1.165) is 38.6 Å². The summed E-state index contributed by atoms with van der Waals surface area (Å²) in [6.45, 7) is 11.5. The molecule has 174 valence electrons. The van der Waals surface area contributed by atoms with Gasteiger partial charge in [-0.05, 0) is 55.3 Å². The Labute approximate surface area is 213 Å². The van der Waals surface area contributed by atoms with Crippen molar-refractivity contribution in [3.8, 4) is 34.3 Å². The van der Waals surface area contributed by atoms with Gasteiger partial charge < -0.3 is 4.57 Å². The highest BCUT2D eigenvalue weighted by Gasteiger charge is 2.17. The number of hydrogen-bond acceptors (Lipinski definition) is 4. The zero-order valence-corrected chi connectivity index (χ0v) is 20.3. The van der Waals surface area contributed by atoms with Crippen LogP contribution in [-0.2, 0) is 0 Å². The second kappa shape index (κ2) is 8.71. The number of benzene rings is 4. The molecule has 6 heteroatoms. The van der Waals surface area contributed by atoms with Gasteiger partial charge in [-0.15, -0.1) is 0 Å². The third-order valence-corrected chi connectivity index (χ3v) is 6.49. The van der Waals surface area contributed by atoms with Gasteiger partial charge in [0.05, 0.1) is 29.2 Å². The third kappa shape index (κ3) is 3.69. The van der Waals surface area contributed by atoms with Crippen molar-refractivity contribution in [2.75, 3.05) is 0 Å². The molecule has 6 aromatic rings. The van der Waals surface area contributed by atoms with E-state index >= 15 is 0 Å². The van der Waals surface area contributed by atoms with E-state index in [2.05, 4.69) is 60.8 Å². The summed E-state index contributed by atoms with van der Waals surface area (Å²) >= 11 is 0. The molecule has 4 aromatic carbocycles. The van der Waals surface area contributed by atoms with E-state index in [-0.39, 0.29) is 0 Å². The van der Waals surface area contributed by atoms with Gasteiger partial charge in [-0.25, -0.2) is 19.8 Å². The Balaban J connectivity index is 1.61. The Morgan fingerprint density at radius 1 is 0.757 bits per heavy atom. The summed E-state index contributed by atoms with van der Waals surface area (Å²) in [6, 6.07) is 30.3. The topological polar surface area (TPSA) is 71.8 Å². The summed E-state index contributed by atoms with van der Waals surface area (Å²) in [5.41, 5.74) is 6.55. The molecule has 0 atom stereocenters. The van der Waals surface area contributed by atoms with Gasteiger partial charge in [0.25, 0.3) is 0 Å². The van der Waals surface area contributed by atoms with Crippen molar-refractivity contribution in [3.05, 3.63) is 114 Å². The van der Waals surface area contributed by atoms with Crippen LogP contribution in [0.5, 0.6) is 0 Å². The van der Waals surface area contributed by atoms with Crippen LogP contribution in [0.2, 0.25) is 0 Å². The summed E-state index contributed by atoms with van der Waals surface area (Å²) in [4.78, 5) is 17.0. The summed E-state index contributed by atoms with van der Waals surface area (Å²) < 4.78 is 2.17. The second-order valence-electron chi connectivity index (χ2n) is 8.81. The van der Waals surface area contributed by atoms with Crippen molar-refractivity contribution < 1.29 is 0 Å². The van der Waals surface area contributed by atoms with Gasteiger partial charge in [0.15, 0.2) is 11.5 Å². The maximum Gasteiger partial charge on any atom is 0.200 e. The average Bonchev–Trinajstić information content (AvgIpc) is 3.25. The van der Waals surface area contributed by atoms with Crippen molar-refractivity contribution in [3.63, 3.8) is 0 Å². The van der Waals surface area contributed by atoms with Crippen molar-refractivity contribution >= 4 is 27.5 Å². The predicted octanol–water partition coefficient (Wildman–Crippen LogP) is 7.34. The highest BCUT2D eigenvalue weighted by molar-refractivity contribution is 6.10. The normalized spacial score (nSPS) is 10.9. The third-order valence-electron chi connectivity index (χ3n) is 6.49. The molecule has 0 unspecified atom stereocenters. The van der Waals surface area contributed by atoms with Crippen LogP contribution in [-0.4, -0.2) is 19.5 Å². The highest BCUT2D eigenvalue weighted by Crippen LogP contribution is 2.38. The molecule has 0 spiro atoms. The molecule has 6 nitrogen and oxygen atoms in total. The first-order valence-corrected chi connectivity index (χ1v) is 11.8. The standard InChI is InChI=1S/C31H20N6/c1-19-34-20(2)36-31(35-19)27-15-13-23(17-28(27)33-3)37-29-11-7-6-10-25(29)26-14-12-21(16-30(26)37)24-9-5-4-8-22(24)18-32/h4-17H,1-2H3. The zero-order valence-electron chi connectivity index (χ0n) is 20.3. The maximum absolute atomic E-state index is 9.65. The number of hydrogen-bond donors (Lipinski definition) is 0. The molecule has 0 aliphatic heterocycles. The molecule has 0 saturated carbocycles. The second-order valence-corrected chi connectivity index (χ2v) is 8.81. The smallest absolute Gasteiger partial charge is 0.200 e.